The summed E-state index contributed by atoms with van der Waals surface area (Å²) in [5.41, 5.74) is 0. The predicted molar refractivity (Wildman–Crippen MR) is 75.2 cm³/mol. The maximum atomic E-state index is 4.44. The number of thiazole rings is 1. The molecule has 1 heterocycles. The van der Waals surface area contributed by atoms with Crippen LogP contribution in [0.5, 0.6) is 0 Å². The van der Waals surface area contributed by atoms with E-state index in [1.54, 1.807) is 0 Å². The van der Waals surface area contributed by atoms with Gasteiger partial charge in [-0.15, -0.1) is 11.3 Å². The average molecular weight is 258 g/mol. The molecule has 1 aromatic rings. The smallest absolute Gasteiger partial charge is 0.103 e. The monoisotopic (exact) mass is 258 g/mol. The van der Waals surface area contributed by atoms with Crippen LogP contribution in [0.1, 0.15) is 43.5 Å². The molecule has 16 heavy (non-hydrogen) atoms. The number of hydrogen-bond donors (Lipinski definition) is 1. The van der Waals surface area contributed by atoms with Crippen LogP contribution in [0.3, 0.4) is 0 Å². The van der Waals surface area contributed by atoms with E-state index in [0.29, 0.717) is 5.25 Å². The van der Waals surface area contributed by atoms with Gasteiger partial charge in [0.25, 0.3) is 0 Å². The third-order valence-electron chi connectivity index (χ3n) is 2.15. The molecule has 4 heteroatoms. The lowest BCUT2D eigenvalue weighted by molar-refractivity contribution is 0.645. The zero-order valence-electron chi connectivity index (χ0n) is 10.5. The second-order valence-corrected chi connectivity index (χ2v) is 6.87. The van der Waals surface area contributed by atoms with Gasteiger partial charge >= 0.3 is 0 Å². The zero-order chi connectivity index (χ0) is 11.8. The van der Waals surface area contributed by atoms with Crippen molar-refractivity contribution >= 4 is 23.1 Å². The maximum Gasteiger partial charge on any atom is 0.103 e. The fourth-order valence-corrected chi connectivity index (χ4v) is 2.93. The minimum atomic E-state index is 0.690. The molecule has 0 amide bonds. The third-order valence-corrected chi connectivity index (χ3v) is 4.43. The first-order valence-corrected chi connectivity index (χ1v) is 7.84. The van der Waals surface area contributed by atoms with E-state index in [1.807, 2.05) is 29.3 Å². The molecular weight excluding hydrogens is 236 g/mol. The Morgan fingerprint density at radius 2 is 2.31 bits per heavy atom. The standard InChI is InChI=1S/C12H22N2S2/c1-4-5-6-13-7-11-8-14-12(16-11)9-15-10(2)3/h8,10,13H,4-7,9H2,1-3H3. The highest BCUT2D eigenvalue weighted by Crippen LogP contribution is 2.21. The van der Waals surface area contributed by atoms with Crippen LogP contribution in [0.15, 0.2) is 6.20 Å². The van der Waals surface area contributed by atoms with Gasteiger partial charge in [0.1, 0.15) is 5.01 Å². The lowest BCUT2D eigenvalue weighted by atomic mass is 10.3. The summed E-state index contributed by atoms with van der Waals surface area (Å²) in [7, 11) is 0. The molecule has 92 valence electrons. The van der Waals surface area contributed by atoms with Crippen molar-refractivity contribution < 1.29 is 0 Å². The van der Waals surface area contributed by atoms with Gasteiger partial charge in [-0.1, -0.05) is 27.2 Å². The first-order chi connectivity index (χ1) is 7.72. The van der Waals surface area contributed by atoms with Crippen molar-refractivity contribution in [3.8, 4) is 0 Å². The van der Waals surface area contributed by atoms with E-state index in [9.17, 15) is 0 Å². The Kier molecular flexibility index (Phi) is 7.08. The van der Waals surface area contributed by atoms with Gasteiger partial charge in [0, 0.05) is 23.4 Å². The normalized spacial score (nSPS) is 11.2. The molecule has 2 nitrogen and oxygen atoms in total. The second kappa shape index (κ2) is 8.09. The van der Waals surface area contributed by atoms with Gasteiger partial charge in [-0.2, -0.15) is 11.8 Å². The van der Waals surface area contributed by atoms with Gasteiger partial charge in [-0.25, -0.2) is 4.98 Å². The molecule has 1 aromatic heterocycles. The van der Waals surface area contributed by atoms with Crippen LogP contribution in [0.25, 0.3) is 0 Å². The molecule has 0 aromatic carbocycles. The number of hydrogen-bond acceptors (Lipinski definition) is 4. The molecule has 1 rings (SSSR count). The van der Waals surface area contributed by atoms with Crippen LogP contribution in [0.4, 0.5) is 0 Å². The van der Waals surface area contributed by atoms with Crippen molar-refractivity contribution in [1.29, 1.82) is 0 Å². The van der Waals surface area contributed by atoms with Crippen LogP contribution >= 0.6 is 23.1 Å². The first kappa shape index (κ1) is 14.0. The Labute approximate surface area is 107 Å². The van der Waals surface area contributed by atoms with E-state index in [0.717, 1.165) is 18.8 Å². The highest BCUT2D eigenvalue weighted by atomic mass is 32.2. The van der Waals surface area contributed by atoms with E-state index in [4.69, 9.17) is 0 Å². The van der Waals surface area contributed by atoms with Gasteiger partial charge < -0.3 is 5.32 Å². The van der Waals surface area contributed by atoms with Gasteiger partial charge in [0.2, 0.25) is 0 Å². The van der Waals surface area contributed by atoms with Crippen molar-refractivity contribution in [2.45, 2.75) is 51.2 Å². The summed E-state index contributed by atoms with van der Waals surface area (Å²) in [5, 5.41) is 5.39. The molecule has 0 fully saturated rings. The minimum Gasteiger partial charge on any atom is -0.312 e. The fraction of sp³-hybridized carbons (Fsp3) is 0.750. The van der Waals surface area contributed by atoms with Gasteiger partial charge in [-0.3, -0.25) is 0 Å². The van der Waals surface area contributed by atoms with Crippen molar-refractivity contribution in [2.75, 3.05) is 6.54 Å². The SMILES string of the molecule is CCCCNCc1cnc(CSC(C)C)s1. The molecule has 0 radical (unpaired) electrons. The Morgan fingerprint density at radius 1 is 1.50 bits per heavy atom. The summed E-state index contributed by atoms with van der Waals surface area (Å²) in [4.78, 5) is 5.80. The molecule has 0 spiro atoms. The topological polar surface area (TPSA) is 24.9 Å². The fourth-order valence-electron chi connectivity index (χ4n) is 1.25. The summed E-state index contributed by atoms with van der Waals surface area (Å²) >= 11 is 3.80. The average Bonchev–Trinajstić information content (AvgIpc) is 2.70. The molecule has 0 unspecified atom stereocenters. The van der Waals surface area contributed by atoms with E-state index in [2.05, 4.69) is 31.1 Å². The Morgan fingerprint density at radius 3 is 3.00 bits per heavy atom. The Hall–Kier alpha value is -0.0600. The van der Waals surface area contributed by atoms with E-state index in [-0.39, 0.29) is 0 Å². The van der Waals surface area contributed by atoms with Crippen molar-refractivity contribution in [2.24, 2.45) is 0 Å². The molecule has 0 saturated carbocycles. The highest BCUT2D eigenvalue weighted by Gasteiger charge is 2.03. The van der Waals surface area contributed by atoms with Crippen LogP contribution < -0.4 is 5.32 Å². The number of thioether (sulfide) groups is 1. The van der Waals surface area contributed by atoms with Gasteiger partial charge in [0.05, 0.1) is 0 Å². The summed E-state index contributed by atoms with van der Waals surface area (Å²) in [5.74, 6) is 1.05. The molecule has 0 aliphatic rings. The van der Waals surface area contributed by atoms with Crippen molar-refractivity contribution in [1.82, 2.24) is 10.3 Å². The zero-order valence-corrected chi connectivity index (χ0v) is 12.1. The number of aromatic nitrogens is 1. The maximum absolute atomic E-state index is 4.44. The molecule has 0 aliphatic heterocycles. The molecule has 0 aliphatic carbocycles. The molecule has 0 bridgehead atoms. The van der Waals surface area contributed by atoms with Crippen LogP contribution in [0, 0.1) is 0 Å². The number of unbranched alkanes of at least 4 members (excludes halogenated alkanes) is 1. The molecule has 0 saturated heterocycles. The first-order valence-electron chi connectivity index (χ1n) is 5.98. The summed E-state index contributed by atoms with van der Waals surface area (Å²) in [6.45, 7) is 8.76. The molecule has 1 N–H and O–H groups in total. The van der Waals surface area contributed by atoms with Gasteiger partial charge in [-0.05, 0) is 18.2 Å². The van der Waals surface area contributed by atoms with Crippen molar-refractivity contribution in [3.63, 3.8) is 0 Å². The Bertz CT molecular complexity index is 284. The highest BCUT2D eigenvalue weighted by molar-refractivity contribution is 7.99. The van der Waals surface area contributed by atoms with E-state index >= 15 is 0 Å². The third kappa shape index (κ3) is 5.87. The van der Waals surface area contributed by atoms with Crippen LogP contribution in [-0.2, 0) is 12.3 Å². The lowest BCUT2D eigenvalue weighted by Gasteiger charge is -2.01. The minimum absolute atomic E-state index is 0.690. The molecular formula is C12H22N2S2. The lowest BCUT2D eigenvalue weighted by Crippen LogP contribution is -2.13. The van der Waals surface area contributed by atoms with Crippen molar-refractivity contribution in [3.05, 3.63) is 16.1 Å². The number of nitrogens with one attached hydrogen (secondary N) is 1. The van der Waals surface area contributed by atoms with Crippen LogP contribution in [-0.4, -0.2) is 16.8 Å². The quantitative estimate of drug-likeness (QED) is 0.720. The van der Waals surface area contributed by atoms with Gasteiger partial charge in [0.15, 0.2) is 0 Å². The summed E-state index contributed by atoms with van der Waals surface area (Å²) in [6.07, 6.45) is 4.53. The summed E-state index contributed by atoms with van der Waals surface area (Å²) in [6, 6.07) is 0. The Balaban J connectivity index is 2.22. The largest absolute Gasteiger partial charge is 0.312 e. The molecule has 0 atom stereocenters. The van der Waals surface area contributed by atoms with E-state index in [1.165, 1.54) is 22.7 Å². The number of nitrogens with zero attached hydrogens (tertiary/aromatic N) is 1. The van der Waals surface area contributed by atoms with E-state index < -0.39 is 0 Å². The second-order valence-electron chi connectivity index (χ2n) is 4.11. The van der Waals surface area contributed by atoms with Crippen LogP contribution in [0.2, 0.25) is 0 Å². The number of rotatable bonds is 8. The predicted octanol–water partition coefficient (Wildman–Crippen LogP) is 3.67. The summed E-state index contributed by atoms with van der Waals surface area (Å²) < 4.78 is 0.